The molecule has 176 valence electrons. The number of likely N-dealkylation sites (N-methyl/N-ethyl adjacent to an activating group) is 1. The Labute approximate surface area is 204 Å². The van der Waals surface area contributed by atoms with E-state index in [1.807, 2.05) is 32.2 Å². The number of dihydropyridines is 1. The second-order valence-corrected chi connectivity index (χ2v) is 8.33. The van der Waals surface area contributed by atoms with Crippen LogP contribution < -0.4 is 10.2 Å². The number of ether oxygens (including phenoxy) is 1. The molecule has 2 aliphatic rings. The summed E-state index contributed by atoms with van der Waals surface area (Å²) in [5, 5.41) is 17.8. The highest BCUT2D eigenvalue weighted by Gasteiger charge is 2.35. The lowest BCUT2D eigenvalue weighted by molar-refractivity contribution is -0.136. The molecular formula is C25H27ClN6O2. The maximum absolute atomic E-state index is 12.7. The first-order chi connectivity index (χ1) is 16.1. The van der Waals surface area contributed by atoms with Gasteiger partial charge >= 0.3 is 5.97 Å². The Hall–Kier alpha value is -3.65. The van der Waals surface area contributed by atoms with E-state index >= 15 is 0 Å². The molecule has 0 radical (unpaired) electrons. The van der Waals surface area contributed by atoms with Crippen LogP contribution in [0.25, 0.3) is 22.5 Å². The molecule has 1 aliphatic carbocycles. The van der Waals surface area contributed by atoms with Crippen molar-refractivity contribution >= 4 is 24.1 Å². The van der Waals surface area contributed by atoms with Crippen LogP contribution in [0.15, 0.2) is 71.1 Å². The molecular weight excluding hydrogens is 452 g/mol. The van der Waals surface area contributed by atoms with Crippen LogP contribution in [0, 0.1) is 0 Å². The highest BCUT2D eigenvalue weighted by Crippen LogP contribution is 2.40. The minimum absolute atomic E-state index is 0. The molecule has 3 aromatic rings. The van der Waals surface area contributed by atoms with Crippen LogP contribution in [0.3, 0.4) is 0 Å². The summed E-state index contributed by atoms with van der Waals surface area (Å²) in [5.74, 6) is 0.338. The number of nitrogens with zero attached hydrogens (tertiary/aromatic N) is 4. The number of aromatic nitrogens is 4. The van der Waals surface area contributed by atoms with Gasteiger partial charge in [0.2, 0.25) is 0 Å². The Morgan fingerprint density at radius 2 is 1.82 bits per heavy atom. The molecule has 5 rings (SSSR count). The maximum atomic E-state index is 12.7. The second kappa shape index (κ2) is 9.69. The predicted octanol–water partition coefficient (Wildman–Crippen LogP) is 4.25. The lowest BCUT2D eigenvalue weighted by Crippen LogP contribution is -2.39. The predicted molar refractivity (Wildman–Crippen MR) is 133 cm³/mol. The van der Waals surface area contributed by atoms with Gasteiger partial charge < -0.3 is 15.0 Å². The average molecular weight is 479 g/mol. The Bertz CT molecular complexity index is 1250. The molecule has 1 aromatic heterocycles. The molecule has 0 fully saturated rings. The van der Waals surface area contributed by atoms with Crippen molar-refractivity contribution in [2.24, 2.45) is 0 Å². The lowest BCUT2D eigenvalue weighted by Gasteiger charge is -2.34. The molecule has 0 bridgehead atoms. The molecule has 1 atom stereocenters. The highest BCUT2D eigenvalue weighted by atomic mass is 35.5. The molecule has 8 nitrogen and oxygen atoms in total. The third-order valence-electron chi connectivity index (χ3n) is 6.42. The van der Waals surface area contributed by atoms with Crippen molar-refractivity contribution in [3.8, 4) is 22.5 Å². The van der Waals surface area contributed by atoms with Crippen molar-refractivity contribution in [1.29, 1.82) is 0 Å². The number of rotatable bonds is 5. The minimum Gasteiger partial charge on any atom is -0.466 e. The smallest absolute Gasteiger partial charge is 0.337 e. The number of nitrogens with one attached hydrogen (secondary N) is 2. The van der Waals surface area contributed by atoms with E-state index in [0.717, 1.165) is 47.3 Å². The van der Waals surface area contributed by atoms with Gasteiger partial charge in [-0.15, -0.1) is 17.5 Å². The summed E-state index contributed by atoms with van der Waals surface area (Å²) in [4.78, 5) is 14.8. The van der Waals surface area contributed by atoms with Gasteiger partial charge in [0.1, 0.15) is 0 Å². The highest BCUT2D eigenvalue weighted by molar-refractivity contribution is 5.93. The van der Waals surface area contributed by atoms with Gasteiger partial charge in [0, 0.05) is 24.0 Å². The zero-order valence-corrected chi connectivity index (χ0v) is 20.1. The van der Waals surface area contributed by atoms with Crippen molar-refractivity contribution in [2.75, 3.05) is 19.1 Å². The largest absolute Gasteiger partial charge is 0.466 e. The Kier molecular flexibility index (Phi) is 6.70. The number of tetrazole rings is 1. The fourth-order valence-electron chi connectivity index (χ4n) is 4.84. The van der Waals surface area contributed by atoms with E-state index in [9.17, 15) is 4.79 Å². The number of carbonyl (C=O) groups excluding carboxylic acids is 1. The van der Waals surface area contributed by atoms with Gasteiger partial charge in [0.05, 0.1) is 24.4 Å². The average Bonchev–Trinajstić information content (AvgIpc) is 3.55. The van der Waals surface area contributed by atoms with Crippen molar-refractivity contribution in [2.45, 2.75) is 32.2 Å². The summed E-state index contributed by atoms with van der Waals surface area (Å²) in [6, 6.07) is 16.2. The number of anilines is 1. The van der Waals surface area contributed by atoms with Gasteiger partial charge in [-0.1, -0.05) is 36.4 Å². The van der Waals surface area contributed by atoms with Crippen LogP contribution >= 0.6 is 12.4 Å². The third kappa shape index (κ3) is 4.05. The standard InChI is InChI=1S/C25H26N6O2.ClH/c1-15-22(25(32)33-3)23(20-9-6-10-21(20)26-15)31(2)17-13-11-16(12-14-17)18-7-4-5-8-19(18)24-27-29-30-28-24;/h4-5,7-8,11-15,26H,6,9-10H2,1-3H3,(H,27,28,29,30);1H. The number of esters is 1. The van der Waals surface area contributed by atoms with Crippen LogP contribution in [-0.2, 0) is 9.53 Å². The third-order valence-corrected chi connectivity index (χ3v) is 6.42. The second-order valence-electron chi connectivity index (χ2n) is 8.33. The summed E-state index contributed by atoms with van der Waals surface area (Å²) in [7, 11) is 3.46. The number of methoxy groups -OCH3 is 1. The zero-order chi connectivity index (χ0) is 22.9. The molecule has 2 aromatic carbocycles. The molecule has 1 aliphatic heterocycles. The molecule has 0 saturated carbocycles. The minimum atomic E-state index is -0.290. The number of aromatic amines is 1. The van der Waals surface area contributed by atoms with Crippen LogP contribution in [-0.4, -0.2) is 46.8 Å². The van der Waals surface area contributed by atoms with E-state index in [2.05, 4.69) is 61.2 Å². The topological polar surface area (TPSA) is 96.0 Å². The Morgan fingerprint density at radius 1 is 1.09 bits per heavy atom. The first-order valence-electron chi connectivity index (χ1n) is 11.1. The molecule has 0 amide bonds. The van der Waals surface area contributed by atoms with Crippen molar-refractivity contribution in [1.82, 2.24) is 25.9 Å². The number of hydrogen-bond acceptors (Lipinski definition) is 7. The number of allylic oxidation sites excluding steroid dienone is 2. The van der Waals surface area contributed by atoms with Crippen molar-refractivity contribution < 1.29 is 9.53 Å². The molecule has 1 unspecified atom stereocenters. The zero-order valence-electron chi connectivity index (χ0n) is 19.3. The first kappa shape index (κ1) is 23.5. The SMILES string of the molecule is COC(=O)C1=C(N(C)c2ccc(-c3ccccc3-c3nnn[nH]3)cc2)C2=C(CCC2)NC1C.Cl. The number of H-pyrrole nitrogens is 1. The molecule has 34 heavy (non-hydrogen) atoms. The summed E-state index contributed by atoms with van der Waals surface area (Å²) >= 11 is 0. The summed E-state index contributed by atoms with van der Waals surface area (Å²) < 4.78 is 5.15. The Morgan fingerprint density at radius 3 is 2.50 bits per heavy atom. The fraction of sp³-hybridized carbons (Fsp3) is 0.280. The molecule has 0 saturated heterocycles. The number of benzene rings is 2. The van der Waals surface area contributed by atoms with Gasteiger partial charge in [-0.2, -0.15) is 0 Å². The van der Waals surface area contributed by atoms with Crippen LogP contribution in [0.1, 0.15) is 26.2 Å². The van der Waals surface area contributed by atoms with E-state index in [1.165, 1.54) is 18.4 Å². The van der Waals surface area contributed by atoms with E-state index in [-0.39, 0.29) is 24.4 Å². The Balaban J connectivity index is 0.00000274. The normalized spacial score (nSPS) is 17.1. The van der Waals surface area contributed by atoms with E-state index in [0.29, 0.717) is 11.4 Å². The summed E-state index contributed by atoms with van der Waals surface area (Å²) in [6.07, 6.45) is 3.05. The summed E-state index contributed by atoms with van der Waals surface area (Å²) in [5.41, 5.74) is 8.12. The summed E-state index contributed by atoms with van der Waals surface area (Å²) in [6.45, 7) is 2.01. The van der Waals surface area contributed by atoms with Gasteiger partial charge in [-0.05, 0) is 65.4 Å². The number of carbonyl (C=O) groups is 1. The van der Waals surface area contributed by atoms with Crippen LogP contribution in [0.4, 0.5) is 5.69 Å². The van der Waals surface area contributed by atoms with Crippen molar-refractivity contribution in [3.05, 3.63) is 71.1 Å². The van der Waals surface area contributed by atoms with Crippen LogP contribution in [0.5, 0.6) is 0 Å². The van der Waals surface area contributed by atoms with Crippen molar-refractivity contribution in [3.63, 3.8) is 0 Å². The van der Waals surface area contributed by atoms with Gasteiger partial charge in [-0.3, -0.25) is 0 Å². The monoisotopic (exact) mass is 478 g/mol. The molecule has 0 spiro atoms. The first-order valence-corrected chi connectivity index (χ1v) is 11.1. The van der Waals surface area contributed by atoms with E-state index in [4.69, 9.17) is 4.74 Å². The fourth-order valence-corrected chi connectivity index (χ4v) is 4.84. The van der Waals surface area contributed by atoms with Gasteiger partial charge in [0.25, 0.3) is 0 Å². The van der Waals surface area contributed by atoms with Gasteiger partial charge in [-0.25, -0.2) is 9.89 Å². The lowest BCUT2D eigenvalue weighted by atomic mass is 9.94. The molecule has 2 N–H and O–H groups in total. The van der Waals surface area contributed by atoms with E-state index in [1.54, 1.807) is 0 Å². The molecule has 9 heteroatoms. The number of hydrogen-bond donors (Lipinski definition) is 2. The maximum Gasteiger partial charge on any atom is 0.337 e. The molecule has 2 heterocycles. The van der Waals surface area contributed by atoms with E-state index < -0.39 is 0 Å². The quantitative estimate of drug-likeness (QED) is 0.529. The van der Waals surface area contributed by atoms with Crippen LogP contribution in [0.2, 0.25) is 0 Å². The number of halogens is 1. The van der Waals surface area contributed by atoms with Gasteiger partial charge in [0.15, 0.2) is 5.82 Å².